The second-order valence-electron chi connectivity index (χ2n) is 7.05. The average Bonchev–Trinajstić information content (AvgIpc) is 3.04. The summed E-state index contributed by atoms with van der Waals surface area (Å²) in [6, 6.07) is 11.7. The molecule has 3 rings (SSSR count). The molecule has 0 aliphatic rings. The molecule has 1 N–H and O–H groups in total. The zero-order chi connectivity index (χ0) is 18.2. The van der Waals surface area contributed by atoms with E-state index in [1.165, 1.54) is 0 Å². The minimum atomic E-state index is -0.351. The van der Waals surface area contributed by atoms with Crippen molar-refractivity contribution in [2.45, 2.75) is 33.1 Å². The number of aromatic nitrogens is 2. The fourth-order valence-corrected chi connectivity index (χ4v) is 3.62. The number of nitrogens with one attached hydrogen (secondary N) is 1. The first-order chi connectivity index (χ1) is 11.8. The Labute approximate surface area is 150 Å². The topological polar surface area (TPSA) is 69.5 Å². The highest BCUT2D eigenvalue weighted by Crippen LogP contribution is 2.31. The average molecular weight is 349 g/mol. The van der Waals surface area contributed by atoms with Gasteiger partial charge in [0.1, 0.15) is 16.6 Å². The third kappa shape index (κ3) is 3.40. The molecule has 0 aliphatic heterocycles. The highest BCUT2D eigenvalue weighted by atomic mass is 32.1. The van der Waals surface area contributed by atoms with Crippen LogP contribution in [0.2, 0.25) is 0 Å². The maximum atomic E-state index is 12.0. The van der Waals surface area contributed by atoms with Crippen LogP contribution in [0.3, 0.4) is 0 Å². The van der Waals surface area contributed by atoms with Crippen molar-refractivity contribution in [2.24, 2.45) is 0 Å². The molecule has 0 spiro atoms. The standard InChI is InChI=1S/C20H19N3OS/c1-12-9-15(16(10-21)18(24)22-12)13-5-7-14(8-6-13)19-23-17(11-25-19)20(2,3)4/h5-9,11H,1-4H3,(H,22,24). The molecule has 5 heteroatoms. The van der Waals surface area contributed by atoms with Gasteiger partial charge >= 0.3 is 0 Å². The fraction of sp³-hybridized carbons (Fsp3) is 0.250. The summed E-state index contributed by atoms with van der Waals surface area (Å²) >= 11 is 1.63. The molecule has 0 saturated carbocycles. The van der Waals surface area contributed by atoms with Crippen LogP contribution in [0.25, 0.3) is 21.7 Å². The molecule has 2 aromatic heterocycles. The van der Waals surface area contributed by atoms with E-state index in [4.69, 9.17) is 4.98 Å². The number of aryl methyl sites for hydroxylation is 1. The molecule has 25 heavy (non-hydrogen) atoms. The number of pyridine rings is 1. The number of nitrogens with zero attached hydrogens (tertiary/aromatic N) is 2. The molecular formula is C20H19N3OS. The number of H-pyrrole nitrogens is 1. The third-order valence-corrected chi connectivity index (χ3v) is 4.89. The number of aromatic amines is 1. The van der Waals surface area contributed by atoms with E-state index >= 15 is 0 Å². The van der Waals surface area contributed by atoms with Gasteiger partial charge in [-0.3, -0.25) is 4.79 Å². The lowest BCUT2D eigenvalue weighted by Gasteiger charge is -2.14. The Morgan fingerprint density at radius 1 is 1.16 bits per heavy atom. The number of hydrogen-bond acceptors (Lipinski definition) is 4. The van der Waals surface area contributed by atoms with Gasteiger partial charge in [-0.15, -0.1) is 11.3 Å². The van der Waals surface area contributed by atoms with Gasteiger partial charge in [0, 0.05) is 27.6 Å². The zero-order valence-electron chi connectivity index (χ0n) is 14.7. The van der Waals surface area contributed by atoms with Gasteiger partial charge < -0.3 is 4.98 Å². The number of nitriles is 1. The summed E-state index contributed by atoms with van der Waals surface area (Å²) in [5, 5.41) is 12.4. The summed E-state index contributed by atoms with van der Waals surface area (Å²) < 4.78 is 0. The van der Waals surface area contributed by atoms with Crippen LogP contribution >= 0.6 is 11.3 Å². The molecule has 0 fully saturated rings. The minimum absolute atomic E-state index is 0.0268. The second kappa shape index (κ2) is 6.30. The van der Waals surface area contributed by atoms with Crippen molar-refractivity contribution in [3.63, 3.8) is 0 Å². The number of benzene rings is 1. The van der Waals surface area contributed by atoms with Gasteiger partial charge in [0.2, 0.25) is 0 Å². The summed E-state index contributed by atoms with van der Waals surface area (Å²) in [5.41, 5.74) is 4.17. The van der Waals surface area contributed by atoms with Crippen LogP contribution in [0.5, 0.6) is 0 Å². The van der Waals surface area contributed by atoms with Crippen LogP contribution < -0.4 is 5.56 Å². The van der Waals surface area contributed by atoms with Crippen LogP contribution in [0, 0.1) is 18.3 Å². The second-order valence-corrected chi connectivity index (χ2v) is 7.91. The zero-order valence-corrected chi connectivity index (χ0v) is 15.5. The SMILES string of the molecule is Cc1cc(-c2ccc(-c3nc(C(C)(C)C)cs3)cc2)c(C#N)c(=O)[nH]1. The fourth-order valence-electron chi connectivity index (χ4n) is 2.57. The van der Waals surface area contributed by atoms with Crippen molar-refractivity contribution >= 4 is 11.3 Å². The molecule has 0 saturated heterocycles. The van der Waals surface area contributed by atoms with Gasteiger partial charge in [-0.25, -0.2) is 4.98 Å². The number of rotatable bonds is 2. The summed E-state index contributed by atoms with van der Waals surface area (Å²) in [7, 11) is 0. The van der Waals surface area contributed by atoms with Gasteiger partial charge in [0.15, 0.2) is 0 Å². The number of hydrogen-bond donors (Lipinski definition) is 1. The smallest absolute Gasteiger partial charge is 0.266 e. The van der Waals surface area contributed by atoms with Gasteiger partial charge in [0.05, 0.1) is 5.69 Å². The van der Waals surface area contributed by atoms with E-state index in [1.807, 2.05) is 43.3 Å². The summed E-state index contributed by atoms with van der Waals surface area (Å²) in [6.45, 7) is 8.25. The molecule has 0 unspecified atom stereocenters. The van der Waals surface area contributed by atoms with Crippen molar-refractivity contribution in [2.75, 3.05) is 0 Å². The molecule has 1 aromatic carbocycles. The van der Waals surface area contributed by atoms with Crippen molar-refractivity contribution in [1.29, 1.82) is 5.26 Å². The highest BCUT2D eigenvalue weighted by Gasteiger charge is 2.18. The van der Waals surface area contributed by atoms with Crippen molar-refractivity contribution < 1.29 is 0 Å². The molecule has 126 valence electrons. The maximum absolute atomic E-state index is 12.0. The van der Waals surface area contributed by atoms with Gasteiger partial charge in [0.25, 0.3) is 5.56 Å². The molecule has 0 atom stereocenters. The lowest BCUT2D eigenvalue weighted by atomic mass is 9.93. The Hall–Kier alpha value is -2.71. The third-order valence-electron chi connectivity index (χ3n) is 4.00. The normalized spacial score (nSPS) is 11.3. The predicted octanol–water partition coefficient (Wildman–Crippen LogP) is 4.64. The minimum Gasteiger partial charge on any atom is -0.325 e. The first-order valence-corrected chi connectivity index (χ1v) is 8.88. The Kier molecular flexibility index (Phi) is 4.32. The van der Waals surface area contributed by atoms with Crippen molar-refractivity contribution in [1.82, 2.24) is 9.97 Å². The van der Waals surface area contributed by atoms with Crippen molar-refractivity contribution in [3.8, 4) is 27.8 Å². The molecular weight excluding hydrogens is 330 g/mol. The molecule has 3 aromatic rings. The van der Waals surface area contributed by atoms with E-state index in [-0.39, 0.29) is 16.5 Å². The Balaban J connectivity index is 2.01. The molecule has 4 nitrogen and oxygen atoms in total. The highest BCUT2D eigenvalue weighted by molar-refractivity contribution is 7.13. The van der Waals surface area contributed by atoms with Gasteiger partial charge in [-0.05, 0) is 18.6 Å². The monoisotopic (exact) mass is 349 g/mol. The van der Waals surface area contributed by atoms with Gasteiger partial charge in [-0.2, -0.15) is 5.26 Å². The Bertz CT molecular complexity index is 1010. The van der Waals surface area contributed by atoms with E-state index in [9.17, 15) is 10.1 Å². The Morgan fingerprint density at radius 2 is 1.80 bits per heavy atom. The van der Waals surface area contributed by atoms with Crippen LogP contribution in [-0.2, 0) is 5.41 Å². The van der Waals surface area contributed by atoms with Crippen molar-refractivity contribution in [3.05, 3.63) is 63.0 Å². The first kappa shape index (κ1) is 17.1. The molecule has 0 bridgehead atoms. The van der Waals surface area contributed by atoms with Crippen LogP contribution in [0.4, 0.5) is 0 Å². The summed E-state index contributed by atoms with van der Waals surface area (Å²) in [5.74, 6) is 0. The van der Waals surface area contributed by atoms with Crippen LogP contribution in [0.15, 0.2) is 40.5 Å². The number of thiazole rings is 1. The van der Waals surface area contributed by atoms with Crippen LogP contribution in [-0.4, -0.2) is 9.97 Å². The quantitative estimate of drug-likeness (QED) is 0.732. The molecule has 2 heterocycles. The molecule has 0 amide bonds. The van der Waals surface area contributed by atoms with E-state index in [0.29, 0.717) is 5.56 Å². The van der Waals surface area contributed by atoms with E-state index < -0.39 is 0 Å². The lowest BCUT2D eigenvalue weighted by Crippen LogP contribution is -2.12. The van der Waals surface area contributed by atoms with Gasteiger partial charge in [-0.1, -0.05) is 45.0 Å². The summed E-state index contributed by atoms with van der Waals surface area (Å²) in [6.07, 6.45) is 0. The van der Waals surface area contributed by atoms with Crippen LogP contribution in [0.1, 0.15) is 37.7 Å². The maximum Gasteiger partial charge on any atom is 0.266 e. The van der Waals surface area contributed by atoms with E-state index in [0.717, 1.165) is 27.5 Å². The first-order valence-electron chi connectivity index (χ1n) is 8.00. The largest absolute Gasteiger partial charge is 0.325 e. The van der Waals surface area contributed by atoms with E-state index in [1.54, 1.807) is 11.3 Å². The Morgan fingerprint density at radius 3 is 2.36 bits per heavy atom. The lowest BCUT2D eigenvalue weighted by molar-refractivity contribution is 0.573. The van der Waals surface area contributed by atoms with E-state index in [2.05, 4.69) is 31.1 Å². The molecule has 0 aliphatic carbocycles. The molecule has 0 radical (unpaired) electrons. The summed E-state index contributed by atoms with van der Waals surface area (Å²) in [4.78, 5) is 19.4. The predicted molar refractivity (Wildman–Crippen MR) is 102 cm³/mol.